The predicted octanol–water partition coefficient (Wildman–Crippen LogP) is 6.65. The Bertz CT molecular complexity index is 1000. The number of carbonyl (C=O) groups excluding carboxylic acids is 2. The average molecular weight is 473 g/mol. The van der Waals surface area contributed by atoms with Gasteiger partial charge in [-0.2, -0.15) is 31.3 Å². The first kappa shape index (κ1) is 26.1. The summed E-state index contributed by atoms with van der Waals surface area (Å²) < 4.78 is 83.4. The molecule has 0 unspecified atom stereocenters. The van der Waals surface area contributed by atoms with Crippen molar-refractivity contribution in [2.24, 2.45) is 4.99 Å². The minimum absolute atomic E-state index is 0.0185. The number of nitrogens with zero attached hydrogens (tertiary/aromatic N) is 1. The molecule has 0 spiro atoms. The van der Waals surface area contributed by atoms with Gasteiger partial charge in [0.05, 0.1) is 11.1 Å². The number of halogens is 6. The van der Waals surface area contributed by atoms with Gasteiger partial charge in [-0.3, -0.25) is 4.79 Å². The molecule has 2 aromatic rings. The summed E-state index contributed by atoms with van der Waals surface area (Å²) in [5.74, 6) is -0.738. The molecule has 0 atom stereocenters. The quantitative estimate of drug-likeness (QED) is 0.361. The molecule has 10 heteroatoms. The number of Topliss-reactive ketones (excluding diaryl/α,β-unsaturated/α-hetero) is 1. The number of hydrogen-bond acceptors (Lipinski definition) is 3. The average Bonchev–Trinajstić information content (AvgIpc) is 2.68. The number of ketones is 1. The minimum atomic E-state index is -4.99. The van der Waals surface area contributed by atoms with E-state index < -0.39 is 53.8 Å². The van der Waals surface area contributed by atoms with E-state index in [0.717, 1.165) is 0 Å². The van der Waals surface area contributed by atoms with Gasteiger partial charge >= 0.3 is 18.4 Å². The van der Waals surface area contributed by atoms with Crippen LogP contribution in [-0.4, -0.2) is 23.2 Å². The molecule has 0 saturated carbocycles. The Kier molecular flexibility index (Phi) is 7.72. The SMILES string of the molecule is CC(C)(C)OC(=O)N=C(C(=O)CCc1cc(C(F)(F)F)cc(C(F)(F)F)c1)c1ccccc1. The van der Waals surface area contributed by atoms with Crippen LogP contribution in [0.5, 0.6) is 0 Å². The molecule has 178 valence electrons. The smallest absolute Gasteiger partial charge is 0.434 e. The summed E-state index contributed by atoms with van der Waals surface area (Å²) in [4.78, 5) is 28.6. The maximum Gasteiger partial charge on any atom is 0.434 e. The maximum absolute atomic E-state index is 13.1. The number of ether oxygens (including phenoxy) is 1. The van der Waals surface area contributed by atoms with Gasteiger partial charge < -0.3 is 4.74 Å². The minimum Gasteiger partial charge on any atom is -0.442 e. The summed E-state index contributed by atoms with van der Waals surface area (Å²) in [7, 11) is 0. The van der Waals surface area contributed by atoms with Crippen molar-refractivity contribution < 1.29 is 40.7 Å². The summed E-state index contributed by atoms with van der Waals surface area (Å²) in [6, 6.07) is 8.95. The zero-order valence-electron chi connectivity index (χ0n) is 18.0. The molecule has 0 saturated heterocycles. The number of carbonyl (C=O) groups is 2. The largest absolute Gasteiger partial charge is 0.442 e. The number of hydrogen-bond donors (Lipinski definition) is 0. The molecule has 1 amide bonds. The first-order chi connectivity index (χ1) is 15.1. The van der Waals surface area contributed by atoms with Crippen molar-refractivity contribution in [1.82, 2.24) is 0 Å². The summed E-state index contributed by atoms with van der Waals surface area (Å²) >= 11 is 0. The highest BCUT2D eigenvalue weighted by molar-refractivity contribution is 6.47. The van der Waals surface area contributed by atoms with Crippen molar-refractivity contribution in [3.8, 4) is 0 Å². The molecule has 0 aliphatic rings. The van der Waals surface area contributed by atoms with Crippen LogP contribution in [0.1, 0.15) is 49.4 Å². The van der Waals surface area contributed by atoms with Gasteiger partial charge in [0.1, 0.15) is 11.3 Å². The van der Waals surface area contributed by atoms with Gasteiger partial charge in [0, 0.05) is 12.0 Å². The highest BCUT2D eigenvalue weighted by atomic mass is 19.4. The third-order valence-electron chi connectivity index (χ3n) is 4.20. The van der Waals surface area contributed by atoms with E-state index in [9.17, 15) is 35.9 Å². The van der Waals surface area contributed by atoms with Crippen molar-refractivity contribution >= 4 is 17.6 Å². The maximum atomic E-state index is 13.1. The van der Waals surface area contributed by atoms with Crippen molar-refractivity contribution in [3.63, 3.8) is 0 Å². The second-order valence-electron chi connectivity index (χ2n) is 8.14. The molecule has 0 aliphatic carbocycles. The van der Waals surface area contributed by atoms with Crippen molar-refractivity contribution in [1.29, 1.82) is 0 Å². The second-order valence-corrected chi connectivity index (χ2v) is 8.14. The zero-order valence-corrected chi connectivity index (χ0v) is 18.0. The van der Waals surface area contributed by atoms with Crippen molar-refractivity contribution in [3.05, 3.63) is 70.8 Å². The van der Waals surface area contributed by atoms with Gasteiger partial charge in [-0.25, -0.2) is 4.79 Å². The van der Waals surface area contributed by atoms with Gasteiger partial charge in [0.2, 0.25) is 0 Å². The Balaban J connectivity index is 2.34. The van der Waals surface area contributed by atoms with Gasteiger partial charge in [-0.15, -0.1) is 0 Å². The molecule has 2 rings (SSSR count). The number of alkyl halides is 6. The van der Waals surface area contributed by atoms with Crippen LogP contribution >= 0.6 is 0 Å². The van der Waals surface area contributed by atoms with Gasteiger partial charge in [0.25, 0.3) is 0 Å². The summed E-state index contributed by atoms with van der Waals surface area (Å²) in [5.41, 5.74) is -4.19. The molecule has 2 aromatic carbocycles. The fraction of sp³-hybridized carbons (Fsp3) is 0.348. The Morgan fingerprint density at radius 2 is 1.36 bits per heavy atom. The molecular formula is C23H21F6NO3. The molecule has 0 fully saturated rings. The van der Waals surface area contributed by atoms with Crippen LogP contribution in [0.2, 0.25) is 0 Å². The lowest BCUT2D eigenvalue weighted by Crippen LogP contribution is -2.24. The number of rotatable bonds is 5. The molecule has 0 bridgehead atoms. The molecule has 0 aromatic heterocycles. The second kappa shape index (κ2) is 9.76. The summed E-state index contributed by atoms with van der Waals surface area (Å²) in [6.07, 6.45) is -11.9. The number of benzene rings is 2. The molecule has 0 heterocycles. The Hall–Kier alpha value is -3.17. The molecule has 4 nitrogen and oxygen atoms in total. The van der Waals surface area contributed by atoms with E-state index in [4.69, 9.17) is 4.74 Å². The summed E-state index contributed by atoms with van der Waals surface area (Å²) in [5, 5.41) is 0. The number of aliphatic imine (C=N–C) groups is 1. The van der Waals surface area contributed by atoms with E-state index >= 15 is 0 Å². The van der Waals surface area contributed by atoms with Crippen LogP contribution < -0.4 is 0 Å². The van der Waals surface area contributed by atoms with E-state index in [0.29, 0.717) is 12.1 Å². The topological polar surface area (TPSA) is 55.7 Å². The Morgan fingerprint density at radius 1 is 0.848 bits per heavy atom. The molecule has 0 radical (unpaired) electrons. The van der Waals surface area contributed by atoms with Gasteiger partial charge in [-0.1, -0.05) is 30.3 Å². The van der Waals surface area contributed by atoms with E-state index in [1.165, 1.54) is 12.1 Å². The molecule has 33 heavy (non-hydrogen) atoms. The van der Waals surface area contributed by atoms with Crippen molar-refractivity contribution in [2.75, 3.05) is 0 Å². The lowest BCUT2D eigenvalue weighted by molar-refractivity contribution is -0.143. The van der Waals surface area contributed by atoms with Gasteiger partial charge in [-0.05, 0) is 51.0 Å². The van der Waals surface area contributed by atoms with E-state index in [1.54, 1.807) is 39.0 Å². The normalized spacial score (nSPS) is 13.1. The lowest BCUT2D eigenvalue weighted by Gasteiger charge is -2.18. The van der Waals surface area contributed by atoms with E-state index in [2.05, 4.69) is 4.99 Å². The van der Waals surface area contributed by atoms with Gasteiger partial charge in [0.15, 0.2) is 5.78 Å². The first-order valence-corrected chi connectivity index (χ1v) is 9.75. The Morgan fingerprint density at radius 3 is 1.82 bits per heavy atom. The fourth-order valence-electron chi connectivity index (χ4n) is 2.80. The van der Waals surface area contributed by atoms with Crippen LogP contribution in [0.3, 0.4) is 0 Å². The van der Waals surface area contributed by atoms with Crippen LogP contribution in [0, 0.1) is 0 Å². The van der Waals surface area contributed by atoms with Crippen LogP contribution in [0.15, 0.2) is 53.5 Å². The molecular weight excluding hydrogens is 452 g/mol. The number of aryl methyl sites for hydroxylation is 1. The fourth-order valence-corrected chi connectivity index (χ4v) is 2.80. The van der Waals surface area contributed by atoms with Crippen LogP contribution in [0.4, 0.5) is 31.1 Å². The van der Waals surface area contributed by atoms with Crippen LogP contribution in [0.25, 0.3) is 0 Å². The third kappa shape index (κ3) is 8.03. The van der Waals surface area contributed by atoms with Crippen molar-refractivity contribution in [2.45, 2.75) is 51.6 Å². The van der Waals surface area contributed by atoms with E-state index in [1.807, 2.05) is 0 Å². The highest BCUT2D eigenvalue weighted by Crippen LogP contribution is 2.36. The van der Waals surface area contributed by atoms with Crippen LogP contribution in [-0.2, 0) is 28.3 Å². The predicted molar refractivity (Wildman–Crippen MR) is 109 cm³/mol. The first-order valence-electron chi connectivity index (χ1n) is 9.75. The molecule has 0 aliphatic heterocycles. The Labute approximate surface area is 186 Å². The van der Waals surface area contributed by atoms with E-state index in [-0.39, 0.29) is 22.9 Å². The third-order valence-corrected chi connectivity index (χ3v) is 4.20. The number of amides is 1. The lowest BCUT2D eigenvalue weighted by atomic mass is 9.97. The zero-order chi connectivity index (χ0) is 25.0. The standard InChI is InChI=1S/C23H21F6NO3/c1-21(2,3)33-20(32)30-19(15-7-5-4-6-8-15)18(31)10-9-14-11-16(22(24,25)26)13-17(12-14)23(27,28)29/h4-8,11-13H,9-10H2,1-3H3. The highest BCUT2D eigenvalue weighted by Gasteiger charge is 2.37. The summed E-state index contributed by atoms with van der Waals surface area (Å²) in [6.45, 7) is 4.78. The monoisotopic (exact) mass is 473 g/mol. The molecule has 0 N–H and O–H groups in total.